The van der Waals surface area contributed by atoms with Crippen LogP contribution in [0.15, 0.2) is 78.8 Å². The van der Waals surface area contributed by atoms with Crippen LogP contribution >= 0.6 is 0 Å². The Morgan fingerprint density at radius 2 is 1.52 bits per heavy atom. The van der Waals surface area contributed by atoms with Gasteiger partial charge in [0.15, 0.2) is 0 Å². The molecule has 0 aliphatic carbocycles. The van der Waals surface area contributed by atoms with Gasteiger partial charge in [-0.3, -0.25) is 19.5 Å². The zero-order valence-electron chi connectivity index (χ0n) is 17.2. The molecule has 0 atom stereocenters. The molecule has 2 amide bonds. The van der Waals surface area contributed by atoms with Crippen molar-refractivity contribution in [3.8, 4) is 11.5 Å². The molecular formula is C24H21N3O4. The third kappa shape index (κ3) is 4.11. The monoisotopic (exact) mass is 415 g/mol. The molecular weight excluding hydrogens is 394 g/mol. The average molecular weight is 415 g/mol. The van der Waals surface area contributed by atoms with Gasteiger partial charge in [-0.2, -0.15) is 0 Å². The second kappa shape index (κ2) is 8.71. The van der Waals surface area contributed by atoms with E-state index in [0.29, 0.717) is 28.3 Å². The van der Waals surface area contributed by atoms with Gasteiger partial charge in [-0.25, -0.2) is 0 Å². The number of carbonyl (C=O) groups excluding carboxylic acids is 2. The van der Waals surface area contributed by atoms with Crippen molar-refractivity contribution < 1.29 is 19.1 Å². The number of anilines is 1. The molecule has 7 nitrogen and oxygen atoms in total. The van der Waals surface area contributed by atoms with Gasteiger partial charge in [0.2, 0.25) is 0 Å². The molecule has 0 saturated carbocycles. The first-order valence-electron chi connectivity index (χ1n) is 9.65. The van der Waals surface area contributed by atoms with Crippen molar-refractivity contribution in [3.05, 3.63) is 89.9 Å². The first-order valence-corrected chi connectivity index (χ1v) is 9.65. The summed E-state index contributed by atoms with van der Waals surface area (Å²) in [5, 5.41) is 3.13. The average Bonchev–Trinajstić information content (AvgIpc) is 3.04. The summed E-state index contributed by atoms with van der Waals surface area (Å²) < 4.78 is 10.4. The lowest BCUT2D eigenvalue weighted by Gasteiger charge is -2.15. The molecule has 0 radical (unpaired) electrons. The van der Waals surface area contributed by atoms with E-state index >= 15 is 0 Å². The minimum absolute atomic E-state index is 0.138. The lowest BCUT2D eigenvalue weighted by Crippen LogP contribution is -2.32. The number of nitrogens with one attached hydrogen (secondary N) is 1. The first-order chi connectivity index (χ1) is 15.1. The Kier molecular flexibility index (Phi) is 5.66. The summed E-state index contributed by atoms with van der Waals surface area (Å²) in [7, 11) is 3.16. The Morgan fingerprint density at radius 3 is 2.10 bits per heavy atom. The number of amides is 2. The van der Waals surface area contributed by atoms with E-state index in [1.165, 1.54) is 4.90 Å². The number of carbonyl (C=O) groups is 2. The summed E-state index contributed by atoms with van der Waals surface area (Å²) in [4.78, 5) is 31.9. The molecule has 2 aromatic carbocycles. The number of pyridine rings is 1. The van der Waals surface area contributed by atoms with Crippen LogP contribution in [0.3, 0.4) is 0 Å². The number of hydrogen-bond donors (Lipinski definition) is 1. The summed E-state index contributed by atoms with van der Waals surface area (Å²) in [6.45, 7) is 0.138. The summed E-state index contributed by atoms with van der Waals surface area (Å²) in [5.74, 6) is 0.602. The number of benzene rings is 2. The van der Waals surface area contributed by atoms with Crippen LogP contribution in [0.4, 0.5) is 5.69 Å². The van der Waals surface area contributed by atoms with Gasteiger partial charge in [-0.15, -0.1) is 0 Å². The molecule has 1 aromatic heterocycles. The summed E-state index contributed by atoms with van der Waals surface area (Å²) in [6, 6.07) is 17.8. The highest BCUT2D eigenvalue weighted by Gasteiger charge is 2.39. The van der Waals surface area contributed by atoms with Gasteiger partial charge in [0.1, 0.15) is 17.2 Å². The van der Waals surface area contributed by atoms with E-state index in [2.05, 4.69) is 10.3 Å². The van der Waals surface area contributed by atoms with Crippen LogP contribution in [-0.4, -0.2) is 35.9 Å². The topological polar surface area (TPSA) is 80.8 Å². The number of aromatic nitrogens is 1. The largest absolute Gasteiger partial charge is 0.497 e. The van der Waals surface area contributed by atoms with Crippen molar-refractivity contribution in [2.45, 2.75) is 6.54 Å². The molecule has 31 heavy (non-hydrogen) atoms. The predicted octanol–water partition coefficient (Wildman–Crippen LogP) is 3.49. The van der Waals surface area contributed by atoms with E-state index in [0.717, 1.165) is 5.56 Å². The summed E-state index contributed by atoms with van der Waals surface area (Å²) >= 11 is 0. The third-order valence-corrected chi connectivity index (χ3v) is 4.97. The van der Waals surface area contributed by atoms with E-state index in [-0.39, 0.29) is 18.1 Å². The Morgan fingerprint density at radius 1 is 0.871 bits per heavy atom. The van der Waals surface area contributed by atoms with Crippen molar-refractivity contribution in [2.24, 2.45) is 0 Å². The standard InChI is InChI=1S/C24H21N3O4/c1-30-19-9-5-17(6-10-19)21-22(26-18-7-11-20(31-2)12-8-18)24(29)27(23(21)28)15-16-4-3-13-25-14-16/h3-14,26H,15H2,1-2H3. The molecule has 4 rings (SSSR count). The number of ether oxygens (including phenoxy) is 2. The predicted molar refractivity (Wildman–Crippen MR) is 116 cm³/mol. The van der Waals surface area contributed by atoms with E-state index in [9.17, 15) is 9.59 Å². The highest BCUT2D eigenvalue weighted by molar-refractivity contribution is 6.36. The van der Waals surface area contributed by atoms with Gasteiger partial charge in [0.25, 0.3) is 11.8 Å². The van der Waals surface area contributed by atoms with Gasteiger partial charge in [0.05, 0.1) is 26.3 Å². The van der Waals surface area contributed by atoms with Crippen LogP contribution in [0.5, 0.6) is 11.5 Å². The molecule has 2 heterocycles. The summed E-state index contributed by atoms with van der Waals surface area (Å²) in [6.07, 6.45) is 3.29. The highest BCUT2D eigenvalue weighted by Crippen LogP contribution is 2.32. The normalized spacial score (nSPS) is 13.5. The van der Waals surface area contributed by atoms with Gasteiger partial charge in [-0.1, -0.05) is 18.2 Å². The van der Waals surface area contributed by atoms with E-state index in [1.54, 1.807) is 81.2 Å². The second-order valence-corrected chi connectivity index (χ2v) is 6.89. The maximum Gasteiger partial charge on any atom is 0.278 e. The number of methoxy groups -OCH3 is 2. The van der Waals surface area contributed by atoms with E-state index in [4.69, 9.17) is 9.47 Å². The molecule has 0 unspecified atom stereocenters. The molecule has 0 spiro atoms. The first kappa shape index (κ1) is 20.2. The number of nitrogens with zero attached hydrogens (tertiary/aromatic N) is 2. The van der Waals surface area contributed by atoms with Crippen molar-refractivity contribution in [1.29, 1.82) is 0 Å². The molecule has 156 valence electrons. The Balaban J connectivity index is 1.72. The molecule has 0 saturated heterocycles. The van der Waals surface area contributed by atoms with Crippen LogP contribution in [0.1, 0.15) is 11.1 Å². The van der Waals surface area contributed by atoms with Crippen LogP contribution in [0, 0.1) is 0 Å². The quantitative estimate of drug-likeness (QED) is 0.595. The molecule has 0 bridgehead atoms. The number of rotatable bonds is 7. The molecule has 1 N–H and O–H groups in total. The molecule has 0 fully saturated rings. The molecule has 3 aromatic rings. The zero-order chi connectivity index (χ0) is 21.8. The van der Waals surface area contributed by atoms with Crippen LogP contribution < -0.4 is 14.8 Å². The maximum atomic E-state index is 13.3. The lowest BCUT2D eigenvalue weighted by atomic mass is 10.0. The molecule has 1 aliphatic heterocycles. The number of imide groups is 1. The zero-order valence-corrected chi connectivity index (χ0v) is 17.2. The van der Waals surface area contributed by atoms with Crippen molar-refractivity contribution in [1.82, 2.24) is 9.88 Å². The van der Waals surface area contributed by atoms with E-state index < -0.39 is 5.91 Å². The summed E-state index contributed by atoms with van der Waals surface area (Å²) in [5.41, 5.74) is 2.61. The van der Waals surface area contributed by atoms with E-state index in [1.807, 2.05) is 6.07 Å². The third-order valence-electron chi connectivity index (χ3n) is 4.97. The molecule has 7 heteroatoms. The Hall–Kier alpha value is -4.13. The van der Waals surface area contributed by atoms with Gasteiger partial charge in [0, 0.05) is 18.1 Å². The fourth-order valence-electron chi connectivity index (χ4n) is 3.35. The smallest absolute Gasteiger partial charge is 0.278 e. The van der Waals surface area contributed by atoms with Crippen LogP contribution in [-0.2, 0) is 16.1 Å². The van der Waals surface area contributed by atoms with Gasteiger partial charge in [-0.05, 0) is 53.6 Å². The fourth-order valence-corrected chi connectivity index (χ4v) is 3.35. The Bertz CT molecular complexity index is 1120. The van der Waals surface area contributed by atoms with Crippen molar-refractivity contribution >= 4 is 23.1 Å². The Labute approximate surface area is 179 Å². The second-order valence-electron chi connectivity index (χ2n) is 6.89. The molecule has 1 aliphatic rings. The van der Waals surface area contributed by atoms with Gasteiger partial charge >= 0.3 is 0 Å². The van der Waals surface area contributed by atoms with Crippen molar-refractivity contribution in [2.75, 3.05) is 19.5 Å². The maximum absolute atomic E-state index is 13.3. The minimum atomic E-state index is -0.393. The fraction of sp³-hybridized carbons (Fsp3) is 0.125. The lowest BCUT2D eigenvalue weighted by molar-refractivity contribution is -0.137. The van der Waals surface area contributed by atoms with Crippen molar-refractivity contribution in [3.63, 3.8) is 0 Å². The SMILES string of the molecule is COc1ccc(NC2=C(c3ccc(OC)cc3)C(=O)N(Cc3cccnc3)C2=O)cc1. The van der Waals surface area contributed by atoms with Crippen LogP contribution in [0.25, 0.3) is 5.57 Å². The highest BCUT2D eigenvalue weighted by atomic mass is 16.5. The van der Waals surface area contributed by atoms with Gasteiger partial charge < -0.3 is 14.8 Å². The van der Waals surface area contributed by atoms with Crippen LogP contribution in [0.2, 0.25) is 0 Å². The number of hydrogen-bond acceptors (Lipinski definition) is 6. The minimum Gasteiger partial charge on any atom is -0.497 e.